The minimum absolute atomic E-state index is 0.0510. The Labute approximate surface area is 169 Å². The summed E-state index contributed by atoms with van der Waals surface area (Å²) in [5.41, 5.74) is 2.41. The molecule has 0 saturated heterocycles. The predicted octanol–water partition coefficient (Wildman–Crippen LogP) is 4.09. The molecule has 1 aromatic heterocycles. The Morgan fingerprint density at radius 1 is 0.966 bits per heavy atom. The van der Waals surface area contributed by atoms with Crippen LogP contribution in [0.4, 0.5) is 0 Å². The molecule has 0 radical (unpaired) electrons. The summed E-state index contributed by atoms with van der Waals surface area (Å²) in [7, 11) is 0. The van der Waals surface area contributed by atoms with Crippen LogP contribution in [0.2, 0.25) is 0 Å². The van der Waals surface area contributed by atoms with Gasteiger partial charge in [-0.2, -0.15) is 0 Å². The van der Waals surface area contributed by atoms with Gasteiger partial charge in [-0.15, -0.1) is 0 Å². The highest BCUT2D eigenvalue weighted by atomic mass is 16.3. The van der Waals surface area contributed by atoms with E-state index in [9.17, 15) is 9.59 Å². The van der Waals surface area contributed by atoms with Crippen molar-refractivity contribution >= 4 is 17.9 Å². The molecule has 0 bridgehead atoms. The Morgan fingerprint density at radius 3 is 2.38 bits per heavy atom. The van der Waals surface area contributed by atoms with Crippen molar-refractivity contribution in [3.8, 4) is 0 Å². The Balaban J connectivity index is 1.41. The van der Waals surface area contributed by atoms with Gasteiger partial charge in [0, 0.05) is 17.7 Å². The maximum atomic E-state index is 12.5. The molecule has 2 N–H and O–H groups in total. The fourth-order valence-corrected chi connectivity index (χ4v) is 3.02. The number of benzene rings is 2. The second-order valence-corrected chi connectivity index (χ2v) is 7.07. The van der Waals surface area contributed by atoms with E-state index in [0.29, 0.717) is 17.4 Å². The molecule has 1 aliphatic carbocycles. The van der Waals surface area contributed by atoms with Crippen LogP contribution in [0.5, 0.6) is 0 Å². The van der Waals surface area contributed by atoms with Crippen molar-refractivity contribution < 1.29 is 14.0 Å². The number of hydrogen-bond acceptors (Lipinski definition) is 3. The average molecular weight is 386 g/mol. The number of carbonyl (C=O) groups excluding carboxylic acids is 2. The highest BCUT2D eigenvalue weighted by Crippen LogP contribution is 2.22. The van der Waals surface area contributed by atoms with Crippen LogP contribution in [0, 0.1) is 0 Å². The summed E-state index contributed by atoms with van der Waals surface area (Å²) in [6.07, 6.45) is 6.92. The minimum Gasteiger partial charge on any atom is -0.467 e. The number of furan rings is 1. The third kappa shape index (κ3) is 5.02. The van der Waals surface area contributed by atoms with Crippen LogP contribution in [0.3, 0.4) is 0 Å². The third-order valence-electron chi connectivity index (χ3n) is 4.76. The lowest BCUT2D eigenvalue weighted by Gasteiger charge is -2.16. The molecule has 5 heteroatoms. The topological polar surface area (TPSA) is 71.3 Å². The first-order valence-corrected chi connectivity index (χ1v) is 9.67. The van der Waals surface area contributed by atoms with E-state index < -0.39 is 0 Å². The average Bonchev–Trinajstić information content (AvgIpc) is 3.40. The van der Waals surface area contributed by atoms with Gasteiger partial charge in [0.05, 0.1) is 6.26 Å². The first-order valence-electron chi connectivity index (χ1n) is 9.67. The minimum atomic E-state index is -0.364. The zero-order valence-corrected chi connectivity index (χ0v) is 15.9. The largest absolute Gasteiger partial charge is 0.467 e. The molecule has 0 spiro atoms. The van der Waals surface area contributed by atoms with Crippen molar-refractivity contribution in [2.24, 2.45) is 0 Å². The summed E-state index contributed by atoms with van der Waals surface area (Å²) in [6.45, 7) is 0. The van der Waals surface area contributed by atoms with E-state index in [1.165, 1.54) is 6.08 Å². The molecule has 1 unspecified atom stereocenters. The van der Waals surface area contributed by atoms with E-state index in [0.717, 1.165) is 24.0 Å². The summed E-state index contributed by atoms with van der Waals surface area (Å²) >= 11 is 0. The van der Waals surface area contributed by atoms with Crippen molar-refractivity contribution in [2.75, 3.05) is 0 Å². The van der Waals surface area contributed by atoms with E-state index in [-0.39, 0.29) is 17.9 Å². The van der Waals surface area contributed by atoms with Crippen molar-refractivity contribution in [3.05, 3.63) is 102 Å². The van der Waals surface area contributed by atoms with Crippen LogP contribution in [0.25, 0.3) is 6.08 Å². The van der Waals surface area contributed by atoms with E-state index in [2.05, 4.69) is 10.6 Å². The van der Waals surface area contributed by atoms with Gasteiger partial charge in [-0.05, 0) is 54.3 Å². The van der Waals surface area contributed by atoms with Crippen LogP contribution in [-0.4, -0.2) is 17.9 Å². The molecular formula is C24H22N2O3. The van der Waals surface area contributed by atoms with E-state index in [1.807, 2.05) is 48.5 Å². The van der Waals surface area contributed by atoms with Gasteiger partial charge < -0.3 is 15.1 Å². The van der Waals surface area contributed by atoms with Crippen LogP contribution in [0.15, 0.2) is 83.5 Å². The standard InChI is InChI=1S/C24H22N2O3/c27-22(26-23(21-7-4-16-29-21)18-5-2-1-3-6-18)15-10-17-8-11-19(12-9-17)24(28)25-20-13-14-20/h1-12,15-16,20,23H,13-14H2,(H,25,28)(H,26,27)/b15-10+. The lowest BCUT2D eigenvalue weighted by molar-refractivity contribution is -0.117. The van der Waals surface area contributed by atoms with Crippen molar-refractivity contribution in [2.45, 2.75) is 24.9 Å². The zero-order chi connectivity index (χ0) is 20.1. The Bertz CT molecular complexity index is 988. The van der Waals surface area contributed by atoms with Gasteiger partial charge in [-0.1, -0.05) is 42.5 Å². The third-order valence-corrected chi connectivity index (χ3v) is 4.76. The summed E-state index contributed by atoms with van der Waals surface area (Å²) < 4.78 is 5.50. The lowest BCUT2D eigenvalue weighted by Crippen LogP contribution is -2.27. The van der Waals surface area contributed by atoms with E-state index in [4.69, 9.17) is 4.42 Å². The molecule has 5 nitrogen and oxygen atoms in total. The van der Waals surface area contributed by atoms with Gasteiger partial charge in [0.1, 0.15) is 11.8 Å². The number of hydrogen-bond donors (Lipinski definition) is 2. The first-order chi connectivity index (χ1) is 14.2. The molecule has 1 aliphatic rings. The van der Waals surface area contributed by atoms with Gasteiger partial charge in [0.25, 0.3) is 5.91 Å². The quantitative estimate of drug-likeness (QED) is 0.601. The maximum Gasteiger partial charge on any atom is 0.251 e. The molecule has 1 heterocycles. The number of amides is 2. The summed E-state index contributed by atoms with van der Waals surface area (Å²) in [5, 5.41) is 5.94. The van der Waals surface area contributed by atoms with Crippen molar-refractivity contribution in [1.29, 1.82) is 0 Å². The Morgan fingerprint density at radius 2 is 1.72 bits per heavy atom. The van der Waals surface area contributed by atoms with Crippen LogP contribution in [-0.2, 0) is 4.79 Å². The molecule has 3 aromatic rings. The maximum absolute atomic E-state index is 12.5. The highest BCUT2D eigenvalue weighted by Gasteiger charge is 2.23. The lowest BCUT2D eigenvalue weighted by atomic mass is 10.0. The normalized spacial score (nSPS) is 14.5. The Hall–Kier alpha value is -3.60. The molecule has 146 valence electrons. The molecule has 4 rings (SSSR count). The summed E-state index contributed by atoms with van der Waals surface area (Å²) in [4.78, 5) is 24.5. The number of carbonyl (C=O) groups is 2. The monoisotopic (exact) mass is 386 g/mol. The molecule has 1 saturated carbocycles. The molecule has 0 aliphatic heterocycles. The van der Waals surface area contributed by atoms with Crippen molar-refractivity contribution in [1.82, 2.24) is 10.6 Å². The summed E-state index contributed by atoms with van der Waals surface area (Å²) in [5.74, 6) is 0.389. The molecule has 1 atom stereocenters. The molecular weight excluding hydrogens is 364 g/mol. The fourth-order valence-electron chi connectivity index (χ4n) is 3.02. The van der Waals surface area contributed by atoms with Gasteiger partial charge in [0.2, 0.25) is 5.91 Å². The predicted molar refractivity (Wildman–Crippen MR) is 111 cm³/mol. The number of rotatable bonds is 7. The van der Waals surface area contributed by atoms with Gasteiger partial charge in [-0.25, -0.2) is 0 Å². The second-order valence-electron chi connectivity index (χ2n) is 7.07. The van der Waals surface area contributed by atoms with Gasteiger partial charge >= 0.3 is 0 Å². The molecule has 2 aromatic carbocycles. The van der Waals surface area contributed by atoms with Gasteiger partial charge in [-0.3, -0.25) is 9.59 Å². The first kappa shape index (κ1) is 18.7. The SMILES string of the molecule is O=C(/C=C/c1ccc(C(=O)NC2CC2)cc1)NC(c1ccccc1)c1ccco1. The molecule has 1 fully saturated rings. The van der Waals surface area contributed by atoms with Gasteiger partial charge in [0.15, 0.2) is 0 Å². The van der Waals surface area contributed by atoms with Crippen LogP contribution < -0.4 is 10.6 Å². The van der Waals surface area contributed by atoms with E-state index >= 15 is 0 Å². The zero-order valence-electron chi connectivity index (χ0n) is 15.9. The highest BCUT2D eigenvalue weighted by molar-refractivity contribution is 5.95. The fraction of sp³-hybridized carbons (Fsp3) is 0.167. The molecule has 2 amide bonds. The second kappa shape index (κ2) is 8.61. The summed E-state index contributed by atoms with van der Waals surface area (Å²) in [6, 6.07) is 20.5. The van der Waals surface area contributed by atoms with E-state index in [1.54, 1.807) is 30.5 Å². The smallest absolute Gasteiger partial charge is 0.251 e. The van der Waals surface area contributed by atoms with Crippen LogP contribution in [0.1, 0.15) is 46.1 Å². The number of nitrogens with one attached hydrogen (secondary N) is 2. The molecule has 29 heavy (non-hydrogen) atoms. The van der Waals surface area contributed by atoms with Crippen molar-refractivity contribution in [3.63, 3.8) is 0 Å². The Kier molecular flexibility index (Phi) is 5.56. The van der Waals surface area contributed by atoms with Crippen LogP contribution >= 0.6 is 0 Å².